The minimum absolute atomic E-state index is 0.104. The van der Waals surface area contributed by atoms with Gasteiger partial charge in [-0.15, -0.1) is 0 Å². The molecule has 0 radical (unpaired) electrons. The average Bonchev–Trinajstić information content (AvgIpc) is 2.61. The summed E-state index contributed by atoms with van der Waals surface area (Å²) < 4.78 is 0. The summed E-state index contributed by atoms with van der Waals surface area (Å²) in [5.74, 6) is 1.28. The first kappa shape index (κ1) is 16.2. The zero-order valence-corrected chi connectivity index (χ0v) is 13.9. The van der Waals surface area contributed by atoms with Crippen molar-refractivity contribution < 1.29 is 4.79 Å². The summed E-state index contributed by atoms with van der Waals surface area (Å²) in [5, 5.41) is 6.40. The highest BCUT2D eigenvalue weighted by Crippen LogP contribution is 2.19. The van der Waals surface area contributed by atoms with Gasteiger partial charge in [0.1, 0.15) is 5.82 Å². The van der Waals surface area contributed by atoms with E-state index in [4.69, 9.17) is 0 Å². The Morgan fingerprint density at radius 1 is 1.39 bits per heavy atom. The molecule has 23 heavy (non-hydrogen) atoms. The largest absolute Gasteiger partial charge is 0.354 e. The molecule has 1 aromatic heterocycles. The zero-order valence-electron chi connectivity index (χ0n) is 13.9. The first-order chi connectivity index (χ1) is 11.2. The third-order valence-electron chi connectivity index (χ3n) is 4.79. The lowest BCUT2D eigenvalue weighted by atomic mass is 9.99. The molecule has 3 rings (SSSR count). The van der Waals surface area contributed by atoms with E-state index in [2.05, 4.69) is 38.5 Å². The van der Waals surface area contributed by atoms with Crippen LogP contribution < -0.4 is 15.5 Å². The summed E-state index contributed by atoms with van der Waals surface area (Å²) in [6.07, 6.45) is 3.90. The van der Waals surface area contributed by atoms with Crippen molar-refractivity contribution >= 4 is 11.7 Å². The molecule has 0 aliphatic carbocycles. The fraction of sp³-hybridized carbons (Fsp3) is 0.647. The van der Waals surface area contributed by atoms with Crippen LogP contribution in [-0.4, -0.2) is 62.1 Å². The van der Waals surface area contributed by atoms with Crippen LogP contribution >= 0.6 is 0 Å². The highest BCUT2D eigenvalue weighted by Gasteiger charge is 2.22. The second-order valence-corrected chi connectivity index (χ2v) is 6.54. The quantitative estimate of drug-likeness (QED) is 0.844. The number of carbonyl (C=O) groups is 1. The molecule has 1 unspecified atom stereocenters. The Bertz CT molecular complexity index is 521. The van der Waals surface area contributed by atoms with E-state index < -0.39 is 0 Å². The Morgan fingerprint density at radius 2 is 2.22 bits per heavy atom. The number of aromatic nitrogens is 1. The molecule has 2 fully saturated rings. The van der Waals surface area contributed by atoms with Crippen LogP contribution in [0.3, 0.4) is 0 Å². The van der Waals surface area contributed by atoms with Crippen molar-refractivity contribution in [3.05, 3.63) is 23.9 Å². The van der Waals surface area contributed by atoms with Gasteiger partial charge in [-0.1, -0.05) is 6.07 Å². The van der Waals surface area contributed by atoms with Gasteiger partial charge in [0.05, 0.1) is 5.92 Å². The number of rotatable bonds is 4. The summed E-state index contributed by atoms with van der Waals surface area (Å²) in [5.41, 5.74) is 1.11. The van der Waals surface area contributed by atoms with Crippen molar-refractivity contribution in [1.82, 2.24) is 20.5 Å². The second kappa shape index (κ2) is 7.75. The van der Waals surface area contributed by atoms with E-state index in [1.807, 2.05) is 12.3 Å². The molecule has 6 nitrogen and oxygen atoms in total. The molecule has 3 heterocycles. The molecule has 2 saturated heterocycles. The molecule has 0 bridgehead atoms. The van der Waals surface area contributed by atoms with Crippen LogP contribution in [0.4, 0.5) is 5.82 Å². The number of piperidine rings is 1. The first-order valence-electron chi connectivity index (χ1n) is 8.60. The van der Waals surface area contributed by atoms with Gasteiger partial charge in [0.15, 0.2) is 0 Å². The van der Waals surface area contributed by atoms with Gasteiger partial charge in [-0.05, 0) is 32.5 Å². The van der Waals surface area contributed by atoms with Crippen molar-refractivity contribution in [2.75, 3.05) is 51.2 Å². The van der Waals surface area contributed by atoms with Crippen LogP contribution in [0, 0.1) is 5.92 Å². The number of carbonyl (C=O) groups excluding carboxylic acids is 1. The number of hydrogen-bond donors (Lipinski definition) is 2. The number of hydrogen-bond acceptors (Lipinski definition) is 5. The molecule has 2 aliphatic heterocycles. The monoisotopic (exact) mass is 317 g/mol. The van der Waals surface area contributed by atoms with E-state index in [0.717, 1.165) is 63.5 Å². The summed E-state index contributed by atoms with van der Waals surface area (Å²) >= 11 is 0. The van der Waals surface area contributed by atoms with Gasteiger partial charge in [0, 0.05) is 51.0 Å². The predicted octanol–water partition coefficient (Wildman–Crippen LogP) is 0.449. The van der Waals surface area contributed by atoms with E-state index in [0.29, 0.717) is 6.54 Å². The Labute approximate surface area is 138 Å². The zero-order chi connectivity index (χ0) is 16.1. The number of pyridine rings is 1. The molecule has 1 amide bonds. The maximum atomic E-state index is 12.3. The minimum atomic E-state index is 0.104. The summed E-state index contributed by atoms with van der Waals surface area (Å²) in [4.78, 5) is 21.5. The fourth-order valence-corrected chi connectivity index (χ4v) is 3.27. The highest BCUT2D eigenvalue weighted by molar-refractivity contribution is 5.79. The summed E-state index contributed by atoms with van der Waals surface area (Å²) in [6, 6.07) is 4.02. The molecule has 1 atom stereocenters. The van der Waals surface area contributed by atoms with Crippen LogP contribution in [0.15, 0.2) is 18.3 Å². The van der Waals surface area contributed by atoms with Crippen LogP contribution in [-0.2, 0) is 11.3 Å². The van der Waals surface area contributed by atoms with Crippen LogP contribution in [0.5, 0.6) is 0 Å². The third-order valence-corrected chi connectivity index (χ3v) is 4.79. The van der Waals surface area contributed by atoms with Gasteiger partial charge in [-0.25, -0.2) is 4.98 Å². The smallest absolute Gasteiger partial charge is 0.224 e. The van der Waals surface area contributed by atoms with Gasteiger partial charge in [-0.2, -0.15) is 0 Å². The molecule has 0 spiro atoms. The average molecular weight is 317 g/mol. The first-order valence-corrected chi connectivity index (χ1v) is 8.60. The SMILES string of the molecule is CN1CCN(c2ncccc2CNC(=O)C2CCCNC2)CC1. The Kier molecular flexibility index (Phi) is 5.46. The third kappa shape index (κ3) is 4.20. The van der Waals surface area contributed by atoms with E-state index in [-0.39, 0.29) is 11.8 Å². The number of amides is 1. The van der Waals surface area contributed by atoms with Gasteiger partial charge in [-0.3, -0.25) is 4.79 Å². The van der Waals surface area contributed by atoms with Crippen LogP contribution in [0.25, 0.3) is 0 Å². The molecule has 2 aliphatic rings. The summed E-state index contributed by atoms with van der Waals surface area (Å²) in [7, 11) is 2.15. The number of piperazine rings is 1. The van der Waals surface area contributed by atoms with Crippen LogP contribution in [0.1, 0.15) is 18.4 Å². The lowest BCUT2D eigenvalue weighted by Crippen LogP contribution is -2.45. The van der Waals surface area contributed by atoms with Crippen molar-refractivity contribution in [3.8, 4) is 0 Å². The Morgan fingerprint density at radius 3 is 2.96 bits per heavy atom. The minimum Gasteiger partial charge on any atom is -0.354 e. The van der Waals surface area contributed by atoms with Gasteiger partial charge in [0.2, 0.25) is 5.91 Å². The van der Waals surface area contributed by atoms with Crippen molar-refractivity contribution in [3.63, 3.8) is 0 Å². The molecule has 6 heteroatoms. The maximum absolute atomic E-state index is 12.3. The molecular formula is C17H27N5O. The molecule has 126 valence electrons. The highest BCUT2D eigenvalue weighted by atomic mass is 16.1. The number of nitrogens with one attached hydrogen (secondary N) is 2. The normalized spacial score (nSPS) is 22.8. The topological polar surface area (TPSA) is 60.5 Å². The number of likely N-dealkylation sites (N-methyl/N-ethyl adjacent to an activating group) is 1. The van der Waals surface area contributed by atoms with Crippen molar-refractivity contribution in [2.24, 2.45) is 5.92 Å². The standard InChI is InChI=1S/C17H27N5O/c1-21-8-10-22(11-9-21)16-14(4-3-7-19-16)13-20-17(23)15-5-2-6-18-12-15/h3-4,7,15,18H,2,5-6,8-13H2,1H3,(H,20,23). The van der Waals surface area contributed by atoms with Gasteiger partial charge >= 0.3 is 0 Å². The predicted molar refractivity (Wildman–Crippen MR) is 91.4 cm³/mol. The Balaban J connectivity index is 1.60. The van der Waals surface area contributed by atoms with E-state index in [1.54, 1.807) is 0 Å². The lowest BCUT2D eigenvalue weighted by Gasteiger charge is -2.34. The van der Waals surface area contributed by atoms with E-state index >= 15 is 0 Å². The van der Waals surface area contributed by atoms with Gasteiger partial charge in [0.25, 0.3) is 0 Å². The Hall–Kier alpha value is -1.66. The molecule has 0 saturated carbocycles. The number of nitrogens with zero attached hydrogens (tertiary/aromatic N) is 3. The van der Waals surface area contributed by atoms with Crippen molar-refractivity contribution in [2.45, 2.75) is 19.4 Å². The maximum Gasteiger partial charge on any atom is 0.224 e. The number of anilines is 1. The lowest BCUT2D eigenvalue weighted by molar-refractivity contribution is -0.125. The van der Waals surface area contributed by atoms with Crippen LogP contribution in [0.2, 0.25) is 0 Å². The molecule has 1 aromatic rings. The molecule has 0 aromatic carbocycles. The summed E-state index contributed by atoms with van der Waals surface area (Å²) in [6.45, 7) is 6.46. The second-order valence-electron chi connectivity index (χ2n) is 6.54. The molecule has 2 N–H and O–H groups in total. The fourth-order valence-electron chi connectivity index (χ4n) is 3.27. The molecular weight excluding hydrogens is 290 g/mol. The van der Waals surface area contributed by atoms with Crippen molar-refractivity contribution in [1.29, 1.82) is 0 Å². The van der Waals surface area contributed by atoms with E-state index in [1.165, 1.54) is 0 Å². The van der Waals surface area contributed by atoms with Gasteiger partial charge < -0.3 is 20.4 Å². The van der Waals surface area contributed by atoms with E-state index in [9.17, 15) is 4.79 Å².